The lowest BCUT2D eigenvalue weighted by atomic mass is 10.00. The van der Waals surface area contributed by atoms with Gasteiger partial charge < -0.3 is 5.32 Å². The number of piperidine rings is 1. The maximum atomic E-state index is 11.4. The first-order valence-electron chi connectivity index (χ1n) is 6.13. The van der Waals surface area contributed by atoms with E-state index in [1.807, 2.05) is 0 Å². The molecule has 1 atom stereocenters. The largest absolute Gasteiger partial charge is 0.316 e. The first-order chi connectivity index (χ1) is 8.04. The molecule has 1 saturated heterocycles. The predicted molar refractivity (Wildman–Crippen MR) is 70.1 cm³/mol. The molecule has 1 fully saturated rings. The molecule has 1 unspecified atom stereocenters. The SMILES string of the molecule is C#CCCCNCC1CCCN(S(C)(=O)=O)C1. The molecule has 17 heavy (non-hydrogen) atoms. The molecule has 0 bridgehead atoms. The number of nitrogens with zero attached hydrogens (tertiary/aromatic N) is 1. The molecular weight excluding hydrogens is 236 g/mol. The summed E-state index contributed by atoms with van der Waals surface area (Å²) in [6, 6.07) is 0. The molecule has 0 spiro atoms. The van der Waals surface area contributed by atoms with Crippen molar-refractivity contribution < 1.29 is 8.42 Å². The number of sulfonamides is 1. The molecule has 0 radical (unpaired) electrons. The van der Waals surface area contributed by atoms with Gasteiger partial charge in [-0.05, 0) is 38.3 Å². The van der Waals surface area contributed by atoms with Crippen LogP contribution in [-0.4, -0.2) is 45.2 Å². The van der Waals surface area contributed by atoms with Gasteiger partial charge in [0, 0.05) is 19.5 Å². The van der Waals surface area contributed by atoms with Gasteiger partial charge in [0.15, 0.2) is 0 Å². The van der Waals surface area contributed by atoms with Crippen molar-refractivity contribution in [3.8, 4) is 12.3 Å². The molecule has 1 aliphatic heterocycles. The summed E-state index contributed by atoms with van der Waals surface area (Å²) in [6.45, 7) is 3.13. The Kier molecular flexibility index (Phi) is 5.96. The fourth-order valence-corrected chi connectivity index (χ4v) is 3.06. The average Bonchev–Trinajstić information content (AvgIpc) is 2.28. The van der Waals surface area contributed by atoms with Crippen molar-refractivity contribution in [2.24, 2.45) is 5.92 Å². The zero-order chi connectivity index (χ0) is 12.7. The summed E-state index contributed by atoms with van der Waals surface area (Å²) >= 11 is 0. The minimum atomic E-state index is -3.02. The van der Waals surface area contributed by atoms with E-state index in [-0.39, 0.29) is 0 Å². The van der Waals surface area contributed by atoms with Crippen LogP contribution in [0.15, 0.2) is 0 Å². The van der Waals surface area contributed by atoms with Gasteiger partial charge in [-0.1, -0.05) is 0 Å². The highest BCUT2D eigenvalue weighted by atomic mass is 32.2. The van der Waals surface area contributed by atoms with E-state index < -0.39 is 10.0 Å². The van der Waals surface area contributed by atoms with E-state index in [4.69, 9.17) is 6.42 Å². The molecule has 0 amide bonds. The molecule has 0 aromatic heterocycles. The summed E-state index contributed by atoms with van der Waals surface area (Å²) in [5, 5.41) is 3.34. The number of nitrogens with one attached hydrogen (secondary N) is 1. The van der Waals surface area contributed by atoms with Crippen LogP contribution in [0.5, 0.6) is 0 Å². The molecule has 4 nitrogen and oxygen atoms in total. The molecular formula is C12H22N2O2S. The lowest BCUT2D eigenvalue weighted by Crippen LogP contribution is -2.42. The Bertz CT molecular complexity index is 359. The molecule has 0 aromatic rings. The Morgan fingerprint density at radius 3 is 2.94 bits per heavy atom. The van der Waals surface area contributed by atoms with Crippen LogP contribution in [0.1, 0.15) is 25.7 Å². The van der Waals surface area contributed by atoms with Crippen molar-refractivity contribution in [3.05, 3.63) is 0 Å². The van der Waals surface area contributed by atoms with Crippen molar-refractivity contribution in [1.82, 2.24) is 9.62 Å². The molecule has 1 aliphatic rings. The summed E-state index contributed by atoms with van der Waals surface area (Å²) in [5.74, 6) is 3.04. The lowest BCUT2D eigenvalue weighted by Gasteiger charge is -2.31. The number of hydrogen-bond donors (Lipinski definition) is 1. The third-order valence-corrected chi connectivity index (χ3v) is 4.33. The fourth-order valence-electron chi connectivity index (χ4n) is 2.12. The van der Waals surface area contributed by atoms with Crippen LogP contribution < -0.4 is 5.32 Å². The summed E-state index contributed by atoms with van der Waals surface area (Å²) in [4.78, 5) is 0. The maximum absolute atomic E-state index is 11.4. The quantitative estimate of drug-likeness (QED) is 0.562. The van der Waals surface area contributed by atoms with E-state index in [9.17, 15) is 8.42 Å². The van der Waals surface area contributed by atoms with Crippen LogP contribution in [0.2, 0.25) is 0 Å². The van der Waals surface area contributed by atoms with Gasteiger partial charge in [-0.3, -0.25) is 0 Å². The standard InChI is InChI=1S/C12H22N2O2S/c1-3-4-5-8-13-10-12-7-6-9-14(11-12)17(2,15)16/h1,12-13H,4-11H2,2H3. The monoisotopic (exact) mass is 258 g/mol. The second kappa shape index (κ2) is 7.00. The van der Waals surface area contributed by atoms with Crippen LogP contribution in [0.25, 0.3) is 0 Å². The predicted octanol–water partition coefficient (Wildman–Crippen LogP) is 0.661. The lowest BCUT2D eigenvalue weighted by molar-refractivity contribution is 0.261. The second-order valence-corrected chi connectivity index (χ2v) is 6.62. The first-order valence-corrected chi connectivity index (χ1v) is 7.98. The number of hydrogen-bond acceptors (Lipinski definition) is 3. The summed E-state index contributed by atoms with van der Waals surface area (Å²) in [5.41, 5.74) is 0. The normalized spacial score (nSPS) is 22.2. The smallest absolute Gasteiger partial charge is 0.211 e. The molecule has 98 valence electrons. The van der Waals surface area contributed by atoms with Gasteiger partial charge in [0.25, 0.3) is 0 Å². The molecule has 0 saturated carbocycles. The summed E-state index contributed by atoms with van der Waals surface area (Å²) in [7, 11) is -3.02. The molecule has 0 aromatic carbocycles. The van der Waals surface area contributed by atoms with E-state index in [0.29, 0.717) is 19.0 Å². The highest BCUT2D eigenvalue weighted by Crippen LogP contribution is 2.17. The Balaban J connectivity index is 2.24. The highest BCUT2D eigenvalue weighted by molar-refractivity contribution is 7.88. The van der Waals surface area contributed by atoms with Crippen molar-refractivity contribution in [3.63, 3.8) is 0 Å². The van der Waals surface area contributed by atoms with Crippen LogP contribution >= 0.6 is 0 Å². The zero-order valence-electron chi connectivity index (χ0n) is 10.5. The Labute approximate surface area is 105 Å². The molecule has 1 N–H and O–H groups in total. The Morgan fingerprint density at radius 1 is 1.53 bits per heavy atom. The Hall–Kier alpha value is -0.570. The summed E-state index contributed by atoms with van der Waals surface area (Å²) in [6.07, 6.45) is 10.3. The maximum Gasteiger partial charge on any atom is 0.211 e. The van der Waals surface area contributed by atoms with Crippen LogP contribution in [0.4, 0.5) is 0 Å². The van der Waals surface area contributed by atoms with E-state index in [0.717, 1.165) is 38.8 Å². The molecule has 0 aliphatic carbocycles. The van der Waals surface area contributed by atoms with Crippen molar-refractivity contribution in [1.29, 1.82) is 0 Å². The third-order valence-electron chi connectivity index (χ3n) is 3.06. The molecule has 1 heterocycles. The van der Waals surface area contributed by atoms with Gasteiger partial charge >= 0.3 is 0 Å². The minimum Gasteiger partial charge on any atom is -0.316 e. The average molecular weight is 258 g/mol. The fraction of sp³-hybridized carbons (Fsp3) is 0.833. The topological polar surface area (TPSA) is 49.4 Å². The molecule has 5 heteroatoms. The van der Waals surface area contributed by atoms with Gasteiger partial charge in [-0.15, -0.1) is 12.3 Å². The van der Waals surface area contributed by atoms with Gasteiger partial charge in [0.1, 0.15) is 0 Å². The van der Waals surface area contributed by atoms with Crippen molar-refractivity contribution in [2.45, 2.75) is 25.7 Å². The van der Waals surface area contributed by atoms with Crippen LogP contribution in [0, 0.1) is 18.3 Å². The zero-order valence-corrected chi connectivity index (χ0v) is 11.3. The molecule has 1 rings (SSSR count). The van der Waals surface area contributed by atoms with Gasteiger partial charge in [-0.25, -0.2) is 12.7 Å². The van der Waals surface area contributed by atoms with Gasteiger partial charge in [0.2, 0.25) is 10.0 Å². The van der Waals surface area contributed by atoms with Crippen LogP contribution in [-0.2, 0) is 10.0 Å². The first kappa shape index (κ1) is 14.5. The Morgan fingerprint density at radius 2 is 2.29 bits per heavy atom. The number of unbranched alkanes of at least 4 members (excludes halogenated alkanes) is 1. The van der Waals surface area contributed by atoms with Crippen LogP contribution in [0.3, 0.4) is 0 Å². The minimum absolute atomic E-state index is 0.435. The van der Waals surface area contributed by atoms with E-state index in [1.165, 1.54) is 6.26 Å². The summed E-state index contributed by atoms with van der Waals surface area (Å²) < 4.78 is 24.4. The van der Waals surface area contributed by atoms with Gasteiger partial charge in [0.05, 0.1) is 6.26 Å². The van der Waals surface area contributed by atoms with E-state index in [1.54, 1.807) is 4.31 Å². The van der Waals surface area contributed by atoms with E-state index >= 15 is 0 Å². The second-order valence-electron chi connectivity index (χ2n) is 4.64. The number of rotatable bonds is 6. The van der Waals surface area contributed by atoms with E-state index in [2.05, 4.69) is 11.2 Å². The number of terminal acetylenes is 1. The van der Waals surface area contributed by atoms with Gasteiger partial charge in [-0.2, -0.15) is 0 Å². The third kappa shape index (κ3) is 5.53. The highest BCUT2D eigenvalue weighted by Gasteiger charge is 2.25. The van der Waals surface area contributed by atoms with Crippen molar-refractivity contribution >= 4 is 10.0 Å². The van der Waals surface area contributed by atoms with Crippen molar-refractivity contribution in [2.75, 3.05) is 32.4 Å².